The third-order valence-corrected chi connectivity index (χ3v) is 3.35. The largest absolute Gasteiger partial charge is 0.459 e. The number of thioether (sulfide) groups is 1. The van der Waals surface area contributed by atoms with Gasteiger partial charge in [0.05, 0.1) is 18.6 Å². The zero-order chi connectivity index (χ0) is 15.2. The summed E-state index contributed by atoms with van der Waals surface area (Å²) in [5, 5.41) is 10.4. The van der Waals surface area contributed by atoms with Crippen LogP contribution in [0.25, 0.3) is 11.7 Å². The van der Waals surface area contributed by atoms with Gasteiger partial charge in [-0.1, -0.05) is 11.8 Å². The highest BCUT2D eigenvalue weighted by molar-refractivity contribution is 7.99. The van der Waals surface area contributed by atoms with Crippen molar-refractivity contribution < 1.29 is 18.4 Å². The van der Waals surface area contributed by atoms with Crippen molar-refractivity contribution in [1.29, 1.82) is 0 Å². The van der Waals surface area contributed by atoms with E-state index in [1.54, 1.807) is 19.2 Å². The first-order chi connectivity index (χ1) is 10.1. The predicted octanol–water partition coefficient (Wildman–Crippen LogP) is 0.626. The summed E-state index contributed by atoms with van der Waals surface area (Å²) in [7, 11) is 3.07. The fourth-order valence-electron chi connectivity index (χ4n) is 1.38. The first-order valence-electron chi connectivity index (χ1n) is 6.05. The Morgan fingerprint density at radius 3 is 2.90 bits per heavy atom. The molecule has 112 valence electrons. The molecule has 1 N–H and O–H groups in total. The number of hydrogen-bond acceptors (Lipinski definition) is 7. The van der Waals surface area contributed by atoms with E-state index >= 15 is 0 Å². The summed E-state index contributed by atoms with van der Waals surface area (Å²) in [6, 6.07) is 3.41. The van der Waals surface area contributed by atoms with Crippen molar-refractivity contribution in [2.75, 3.05) is 26.4 Å². The van der Waals surface area contributed by atoms with Crippen LogP contribution in [0.1, 0.15) is 0 Å². The van der Waals surface area contributed by atoms with E-state index in [1.807, 2.05) is 0 Å². The van der Waals surface area contributed by atoms with Crippen LogP contribution in [0.4, 0.5) is 0 Å². The summed E-state index contributed by atoms with van der Waals surface area (Å²) in [6.07, 6.45) is 1.50. The zero-order valence-electron chi connectivity index (χ0n) is 11.5. The van der Waals surface area contributed by atoms with E-state index in [0.29, 0.717) is 5.76 Å². The summed E-state index contributed by atoms with van der Waals surface area (Å²) in [5.41, 5.74) is 0. The van der Waals surface area contributed by atoms with Gasteiger partial charge in [0.25, 0.3) is 11.1 Å². The van der Waals surface area contributed by atoms with Gasteiger partial charge in [-0.25, -0.2) is 0 Å². The standard InChI is InChI=1S/C12H14N4O4S/c1-13-9(17)6-16(2)10(18)7-21-12-15-14-11(20-12)8-4-3-5-19-8/h3-5H,6-7H2,1-2H3,(H,13,17). The zero-order valence-corrected chi connectivity index (χ0v) is 12.3. The number of rotatable bonds is 6. The van der Waals surface area contributed by atoms with Gasteiger partial charge in [0.15, 0.2) is 5.76 Å². The number of hydrogen-bond donors (Lipinski definition) is 1. The number of carbonyl (C=O) groups excluding carboxylic acids is 2. The van der Waals surface area contributed by atoms with Gasteiger partial charge in [-0.2, -0.15) is 0 Å². The van der Waals surface area contributed by atoms with Crippen LogP contribution in [-0.2, 0) is 9.59 Å². The number of nitrogens with one attached hydrogen (secondary N) is 1. The average molecular weight is 310 g/mol. The molecular formula is C12H14N4O4S. The molecule has 0 fully saturated rings. The topological polar surface area (TPSA) is 101 Å². The molecule has 0 saturated heterocycles. The number of carbonyl (C=O) groups is 2. The minimum atomic E-state index is -0.228. The van der Waals surface area contributed by atoms with Gasteiger partial charge in [-0.3, -0.25) is 9.59 Å². The van der Waals surface area contributed by atoms with Crippen LogP contribution in [0.5, 0.6) is 0 Å². The third kappa shape index (κ3) is 4.09. The molecular weight excluding hydrogens is 296 g/mol. The van der Waals surface area contributed by atoms with Crippen LogP contribution in [0.2, 0.25) is 0 Å². The Balaban J connectivity index is 1.85. The summed E-state index contributed by atoms with van der Waals surface area (Å²) in [6.45, 7) is 0.0113. The monoisotopic (exact) mass is 310 g/mol. The Kier molecular flexibility index (Phi) is 4.99. The molecule has 0 bridgehead atoms. The molecule has 0 saturated carbocycles. The number of aromatic nitrogens is 2. The molecule has 0 aliphatic carbocycles. The molecule has 2 aromatic heterocycles. The maximum absolute atomic E-state index is 11.8. The first-order valence-corrected chi connectivity index (χ1v) is 7.03. The van der Waals surface area contributed by atoms with Gasteiger partial charge in [-0.15, -0.1) is 10.2 Å². The maximum Gasteiger partial charge on any atom is 0.284 e. The molecule has 9 heteroatoms. The number of amides is 2. The van der Waals surface area contributed by atoms with E-state index in [1.165, 1.54) is 18.2 Å². The lowest BCUT2D eigenvalue weighted by Gasteiger charge is -2.14. The van der Waals surface area contributed by atoms with Crippen molar-refractivity contribution in [2.24, 2.45) is 0 Å². The van der Waals surface area contributed by atoms with Crippen LogP contribution in [0.3, 0.4) is 0 Å². The number of furan rings is 1. The van der Waals surface area contributed by atoms with Gasteiger partial charge in [0.1, 0.15) is 0 Å². The Labute approximate surface area is 124 Å². The van der Waals surface area contributed by atoms with E-state index < -0.39 is 0 Å². The minimum Gasteiger partial charge on any atom is -0.459 e. The van der Waals surface area contributed by atoms with Crippen LogP contribution in [0.15, 0.2) is 32.5 Å². The van der Waals surface area contributed by atoms with Crippen molar-refractivity contribution in [2.45, 2.75) is 5.22 Å². The molecule has 0 atom stereocenters. The van der Waals surface area contributed by atoms with Crippen LogP contribution >= 0.6 is 11.8 Å². The molecule has 0 aliphatic rings. The SMILES string of the molecule is CNC(=O)CN(C)C(=O)CSc1nnc(-c2ccco2)o1. The van der Waals surface area contributed by atoms with Crippen LogP contribution in [0, 0.1) is 0 Å². The van der Waals surface area contributed by atoms with E-state index in [2.05, 4.69) is 15.5 Å². The number of nitrogens with zero attached hydrogens (tertiary/aromatic N) is 3. The first kappa shape index (κ1) is 15.1. The highest BCUT2D eigenvalue weighted by atomic mass is 32.2. The smallest absolute Gasteiger partial charge is 0.284 e. The molecule has 0 aromatic carbocycles. The predicted molar refractivity (Wildman–Crippen MR) is 74.4 cm³/mol. The Hall–Kier alpha value is -2.29. The van der Waals surface area contributed by atoms with Crippen LogP contribution < -0.4 is 5.32 Å². The minimum absolute atomic E-state index is 0.0113. The lowest BCUT2D eigenvalue weighted by atomic mass is 10.5. The molecule has 2 rings (SSSR count). The highest BCUT2D eigenvalue weighted by Gasteiger charge is 2.16. The summed E-state index contributed by atoms with van der Waals surface area (Å²) in [4.78, 5) is 24.3. The van der Waals surface area contributed by atoms with E-state index in [9.17, 15) is 9.59 Å². The highest BCUT2D eigenvalue weighted by Crippen LogP contribution is 2.23. The third-order valence-electron chi connectivity index (χ3n) is 2.54. The van der Waals surface area contributed by atoms with E-state index in [4.69, 9.17) is 8.83 Å². The second-order valence-electron chi connectivity index (χ2n) is 4.06. The van der Waals surface area contributed by atoms with Gasteiger partial charge in [-0.05, 0) is 12.1 Å². The fourth-order valence-corrected chi connectivity index (χ4v) is 2.09. The molecule has 2 heterocycles. The van der Waals surface area contributed by atoms with Gasteiger partial charge >= 0.3 is 0 Å². The molecule has 0 spiro atoms. The number of likely N-dealkylation sites (N-methyl/N-ethyl adjacent to an activating group) is 2. The summed E-state index contributed by atoms with van der Waals surface area (Å²) in [5.74, 6) is 0.397. The lowest BCUT2D eigenvalue weighted by Crippen LogP contribution is -2.37. The maximum atomic E-state index is 11.8. The second-order valence-corrected chi connectivity index (χ2v) is 4.99. The Bertz CT molecular complexity index is 611. The normalized spacial score (nSPS) is 10.4. The Morgan fingerprint density at radius 1 is 1.43 bits per heavy atom. The van der Waals surface area contributed by atoms with Crippen molar-refractivity contribution in [1.82, 2.24) is 20.4 Å². The van der Waals surface area contributed by atoms with Gasteiger partial charge in [0.2, 0.25) is 11.8 Å². The molecule has 2 aromatic rings. The van der Waals surface area contributed by atoms with Gasteiger partial charge < -0.3 is 19.1 Å². The van der Waals surface area contributed by atoms with E-state index in [-0.39, 0.29) is 35.2 Å². The molecule has 0 unspecified atom stereocenters. The Morgan fingerprint density at radius 2 is 2.24 bits per heavy atom. The van der Waals surface area contributed by atoms with Crippen molar-refractivity contribution in [3.63, 3.8) is 0 Å². The summed E-state index contributed by atoms with van der Waals surface area (Å²) >= 11 is 1.10. The molecule has 8 nitrogen and oxygen atoms in total. The molecule has 0 aliphatic heterocycles. The van der Waals surface area contributed by atoms with Crippen molar-refractivity contribution in [3.8, 4) is 11.7 Å². The van der Waals surface area contributed by atoms with Gasteiger partial charge in [0, 0.05) is 14.1 Å². The molecule has 0 radical (unpaired) electrons. The second kappa shape index (κ2) is 6.93. The van der Waals surface area contributed by atoms with Crippen LogP contribution in [-0.4, -0.2) is 53.3 Å². The quantitative estimate of drug-likeness (QED) is 0.781. The average Bonchev–Trinajstić information content (AvgIpc) is 3.14. The lowest BCUT2D eigenvalue weighted by molar-refractivity contribution is -0.132. The van der Waals surface area contributed by atoms with Crippen molar-refractivity contribution in [3.05, 3.63) is 18.4 Å². The summed E-state index contributed by atoms with van der Waals surface area (Å²) < 4.78 is 10.5. The van der Waals surface area contributed by atoms with E-state index in [0.717, 1.165) is 11.8 Å². The van der Waals surface area contributed by atoms with Crippen molar-refractivity contribution >= 4 is 23.6 Å². The molecule has 21 heavy (non-hydrogen) atoms. The fraction of sp³-hybridized carbons (Fsp3) is 0.333. The molecule has 2 amide bonds.